The molecule has 17 heavy (non-hydrogen) atoms. The highest BCUT2D eigenvalue weighted by Gasteiger charge is 2.23. The summed E-state index contributed by atoms with van der Waals surface area (Å²) in [6, 6.07) is 3.60. The number of rotatable bonds is 4. The van der Waals surface area contributed by atoms with Crippen LogP contribution in [0, 0.1) is 10.1 Å². The van der Waals surface area contributed by atoms with Crippen LogP contribution in [0.1, 0.15) is 5.76 Å². The van der Waals surface area contributed by atoms with E-state index in [1.165, 1.54) is 6.33 Å². The first-order chi connectivity index (χ1) is 8.09. The zero-order valence-corrected chi connectivity index (χ0v) is 9.53. The van der Waals surface area contributed by atoms with Crippen molar-refractivity contribution >= 4 is 11.6 Å². The Morgan fingerprint density at radius 2 is 2.41 bits per heavy atom. The van der Waals surface area contributed by atoms with Gasteiger partial charge < -0.3 is 19.4 Å². The van der Waals surface area contributed by atoms with Crippen molar-refractivity contribution in [3.63, 3.8) is 0 Å². The van der Waals surface area contributed by atoms with Crippen molar-refractivity contribution in [3.05, 3.63) is 40.6 Å². The average Bonchev–Trinajstić information content (AvgIpc) is 2.86. The van der Waals surface area contributed by atoms with Crippen LogP contribution in [-0.4, -0.2) is 21.5 Å². The van der Waals surface area contributed by atoms with Crippen LogP contribution in [0.3, 0.4) is 0 Å². The Hall–Kier alpha value is -2.31. The van der Waals surface area contributed by atoms with E-state index in [0.29, 0.717) is 12.4 Å². The first kappa shape index (κ1) is 11.2. The number of aromatic nitrogens is 2. The Morgan fingerprint density at radius 3 is 3.00 bits per heavy atom. The molecule has 0 fully saturated rings. The Morgan fingerprint density at radius 1 is 1.65 bits per heavy atom. The summed E-state index contributed by atoms with van der Waals surface area (Å²) < 4.78 is 6.81. The van der Waals surface area contributed by atoms with Gasteiger partial charge >= 0.3 is 5.82 Å². The number of nitro groups is 1. The van der Waals surface area contributed by atoms with Crippen LogP contribution in [0.2, 0.25) is 0 Å². The van der Waals surface area contributed by atoms with Gasteiger partial charge in [0.1, 0.15) is 5.76 Å². The smallest absolute Gasteiger partial charge is 0.406 e. The van der Waals surface area contributed by atoms with Crippen LogP contribution in [0.4, 0.5) is 11.6 Å². The second kappa shape index (κ2) is 4.28. The molecule has 0 N–H and O–H groups in total. The zero-order chi connectivity index (χ0) is 12.4. The van der Waals surface area contributed by atoms with E-state index in [4.69, 9.17) is 4.42 Å². The maximum atomic E-state index is 10.8. The lowest BCUT2D eigenvalue weighted by molar-refractivity contribution is -0.388. The van der Waals surface area contributed by atoms with Gasteiger partial charge in [-0.15, -0.1) is 0 Å². The van der Waals surface area contributed by atoms with Crippen LogP contribution in [-0.2, 0) is 13.6 Å². The van der Waals surface area contributed by atoms with Crippen molar-refractivity contribution in [2.45, 2.75) is 6.54 Å². The lowest BCUT2D eigenvalue weighted by Crippen LogP contribution is -2.19. The minimum Gasteiger partial charge on any atom is -0.467 e. The van der Waals surface area contributed by atoms with Gasteiger partial charge in [0.2, 0.25) is 12.1 Å². The van der Waals surface area contributed by atoms with Crippen LogP contribution in [0.5, 0.6) is 0 Å². The van der Waals surface area contributed by atoms with Crippen LogP contribution in [0.15, 0.2) is 29.1 Å². The summed E-state index contributed by atoms with van der Waals surface area (Å²) in [5.41, 5.74) is 0. The van der Waals surface area contributed by atoms with Gasteiger partial charge in [-0.25, -0.2) is 0 Å². The normalized spacial score (nSPS) is 10.5. The zero-order valence-electron chi connectivity index (χ0n) is 9.53. The molecule has 0 bridgehead atoms. The summed E-state index contributed by atoms with van der Waals surface area (Å²) in [4.78, 5) is 15.8. The highest BCUT2D eigenvalue weighted by molar-refractivity contribution is 5.53. The van der Waals surface area contributed by atoms with Gasteiger partial charge in [0.25, 0.3) is 0 Å². The molecule has 2 heterocycles. The molecule has 2 aromatic rings. The minimum atomic E-state index is -0.492. The molecule has 0 aliphatic rings. The summed E-state index contributed by atoms with van der Waals surface area (Å²) >= 11 is 0. The fourth-order valence-corrected chi connectivity index (χ4v) is 1.69. The Kier molecular flexibility index (Phi) is 2.82. The average molecular weight is 236 g/mol. The second-order valence-corrected chi connectivity index (χ2v) is 3.70. The van der Waals surface area contributed by atoms with Gasteiger partial charge in [-0.3, -0.25) is 4.57 Å². The third kappa shape index (κ3) is 2.12. The van der Waals surface area contributed by atoms with Crippen LogP contribution < -0.4 is 4.90 Å². The van der Waals surface area contributed by atoms with E-state index in [-0.39, 0.29) is 5.82 Å². The number of hydrogen-bond acceptors (Lipinski definition) is 5. The second-order valence-electron chi connectivity index (χ2n) is 3.70. The number of imidazole rings is 1. The minimum absolute atomic E-state index is 0.151. The van der Waals surface area contributed by atoms with Gasteiger partial charge in [-0.2, -0.15) is 0 Å². The lowest BCUT2D eigenvalue weighted by atomic mass is 10.4. The third-order valence-corrected chi connectivity index (χ3v) is 2.39. The molecule has 0 aliphatic heterocycles. The molecule has 0 saturated heterocycles. The predicted molar refractivity (Wildman–Crippen MR) is 60.7 cm³/mol. The molecule has 0 spiro atoms. The molecule has 0 aliphatic carbocycles. The summed E-state index contributed by atoms with van der Waals surface area (Å²) in [7, 11) is 3.47. The molecule has 7 nitrogen and oxygen atoms in total. The van der Waals surface area contributed by atoms with E-state index in [1.807, 2.05) is 6.07 Å². The molecule has 0 amide bonds. The monoisotopic (exact) mass is 236 g/mol. The first-order valence-corrected chi connectivity index (χ1v) is 4.99. The summed E-state index contributed by atoms with van der Waals surface area (Å²) in [6.07, 6.45) is 2.99. The highest BCUT2D eigenvalue weighted by Crippen LogP contribution is 2.25. The molecule has 0 saturated carbocycles. The summed E-state index contributed by atoms with van der Waals surface area (Å²) in [5, 5.41) is 10.8. The predicted octanol–water partition coefficient (Wildman–Crippen LogP) is 1.56. The van der Waals surface area contributed by atoms with Crippen molar-refractivity contribution in [2.24, 2.45) is 7.05 Å². The van der Waals surface area contributed by atoms with Crippen LogP contribution in [0.25, 0.3) is 0 Å². The fourth-order valence-electron chi connectivity index (χ4n) is 1.69. The van der Waals surface area contributed by atoms with E-state index in [1.54, 1.807) is 35.9 Å². The molecule has 0 aromatic carbocycles. The number of furan rings is 1. The van der Waals surface area contributed by atoms with Crippen molar-refractivity contribution in [2.75, 3.05) is 11.9 Å². The molecular weight excluding hydrogens is 224 g/mol. The molecule has 90 valence electrons. The molecule has 7 heteroatoms. The number of anilines is 1. The standard InChI is InChI=1S/C10H12N4O3/c1-12(6-8-4-3-5-17-8)10-9(14(15)16)11-7-13(10)2/h3-5,7H,6H2,1-2H3. The summed E-state index contributed by atoms with van der Waals surface area (Å²) in [6.45, 7) is 0.452. The van der Waals surface area contributed by atoms with Gasteiger partial charge in [-0.05, 0) is 22.0 Å². The van der Waals surface area contributed by atoms with Crippen molar-refractivity contribution in [1.29, 1.82) is 0 Å². The molecule has 0 radical (unpaired) electrons. The SMILES string of the molecule is CN(Cc1ccco1)c1c([N+](=O)[O-])ncn1C. The van der Waals surface area contributed by atoms with E-state index in [2.05, 4.69) is 4.98 Å². The summed E-state index contributed by atoms with van der Waals surface area (Å²) in [5.74, 6) is 1.04. The first-order valence-electron chi connectivity index (χ1n) is 4.99. The molecular formula is C10H12N4O3. The Labute approximate surface area is 97.4 Å². The Balaban J connectivity index is 2.27. The van der Waals surface area contributed by atoms with Gasteiger partial charge in [0.15, 0.2) is 0 Å². The quantitative estimate of drug-likeness (QED) is 0.594. The molecule has 2 rings (SSSR count). The van der Waals surface area contributed by atoms with Crippen molar-refractivity contribution < 1.29 is 9.34 Å². The van der Waals surface area contributed by atoms with Crippen LogP contribution >= 0.6 is 0 Å². The number of nitrogens with zero attached hydrogens (tertiary/aromatic N) is 4. The van der Waals surface area contributed by atoms with E-state index >= 15 is 0 Å². The maximum Gasteiger partial charge on any atom is 0.406 e. The van der Waals surface area contributed by atoms with E-state index in [9.17, 15) is 10.1 Å². The Bertz CT molecular complexity index is 518. The van der Waals surface area contributed by atoms with Crippen molar-refractivity contribution in [3.8, 4) is 0 Å². The number of aryl methyl sites for hydroxylation is 1. The fraction of sp³-hybridized carbons (Fsp3) is 0.300. The molecule has 2 aromatic heterocycles. The molecule has 0 atom stereocenters. The van der Waals surface area contributed by atoms with E-state index in [0.717, 1.165) is 5.76 Å². The van der Waals surface area contributed by atoms with Gasteiger partial charge in [0.05, 0.1) is 12.8 Å². The highest BCUT2D eigenvalue weighted by atomic mass is 16.6. The van der Waals surface area contributed by atoms with Gasteiger partial charge in [-0.1, -0.05) is 0 Å². The largest absolute Gasteiger partial charge is 0.467 e. The topological polar surface area (TPSA) is 77.3 Å². The van der Waals surface area contributed by atoms with Crippen molar-refractivity contribution in [1.82, 2.24) is 9.55 Å². The maximum absolute atomic E-state index is 10.8. The van der Waals surface area contributed by atoms with E-state index < -0.39 is 4.92 Å². The van der Waals surface area contributed by atoms with Gasteiger partial charge in [0, 0.05) is 14.1 Å². The molecule has 0 unspecified atom stereocenters. The lowest BCUT2D eigenvalue weighted by Gasteiger charge is -2.16. The number of hydrogen-bond donors (Lipinski definition) is 0. The third-order valence-electron chi connectivity index (χ3n) is 2.39.